The summed E-state index contributed by atoms with van der Waals surface area (Å²) in [5.74, 6) is 1.34. The first-order valence-electron chi connectivity index (χ1n) is 7.43. The zero-order chi connectivity index (χ0) is 15.9. The van der Waals surface area contributed by atoms with Gasteiger partial charge >= 0.3 is 0 Å². The number of rotatable bonds is 5. The molecule has 0 saturated heterocycles. The summed E-state index contributed by atoms with van der Waals surface area (Å²) >= 11 is 0. The van der Waals surface area contributed by atoms with Crippen LogP contribution < -0.4 is 14.8 Å². The second-order valence-corrected chi connectivity index (χ2v) is 4.94. The topological polar surface area (TPSA) is 73.3 Å². The number of carbonyl (C=O) groups is 1. The Kier molecular flexibility index (Phi) is 4.83. The highest BCUT2D eigenvalue weighted by Crippen LogP contribution is 2.31. The molecule has 1 aromatic carbocycles. The Balaban J connectivity index is 1.47. The van der Waals surface area contributed by atoms with Crippen LogP contribution in [0.3, 0.4) is 0 Å². The number of hydrogen-bond donors (Lipinski definition) is 1. The fourth-order valence-corrected chi connectivity index (χ4v) is 2.16. The van der Waals surface area contributed by atoms with Crippen molar-refractivity contribution in [1.29, 1.82) is 0 Å². The van der Waals surface area contributed by atoms with Gasteiger partial charge in [-0.2, -0.15) is 0 Å². The highest BCUT2D eigenvalue weighted by Gasteiger charge is 2.10. The van der Waals surface area contributed by atoms with E-state index in [1.807, 2.05) is 30.4 Å². The summed E-state index contributed by atoms with van der Waals surface area (Å²) in [7, 11) is 0. The molecular formula is C17H17N3O3. The third-order valence-electron chi connectivity index (χ3n) is 3.27. The molecule has 0 fully saturated rings. The fourth-order valence-electron chi connectivity index (χ4n) is 2.16. The Morgan fingerprint density at radius 1 is 1.22 bits per heavy atom. The first-order valence-corrected chi connectivity index (χ1v) is 7.43. The van der Waals surface area contributed by atoms with Crippen molar-refractivity contribution in [3.05, 3.63) is 54.1 Å². The molecule has 6 heteroatoms. The predicted octanol–water partition coefficient (Wildman–Crippen LogP) is 2.08. The molecule has 6 nitrogen and oxygen atoms in total. The van der Waals surface area contributed by atoms with E-state index in [2.05, 4.69) is 15.3 Å². The van der Waals surface area contributed by atoms with Crippen molar-refractivity contribution >= 4 is 12.0 Å². The first kappa shape index (κ1) is 15.0. The van der Waals surface area contributed by atoms with E-state index in [4.69, 9.17) is 9.47 Å². The van der Waals surface area contributed by atoms with Crippen molar-refractivity contribution in [2.24, 2.45) is 0 Å². The van der Waals surface area contributed by atoms with Crippen molar-refractivity contribution in [2.45, 2.75) is 6.42 Å². The maximum absolute atomic E-state index is 11.8. The van der Waals surface area contributed by atoms with Crippen LogP contribution in [0.4, 0.5) is 0 Å². The lowest BCUT2D eigenvalue weighted by molar-refractivity contribution is 0.0949. The van der Waals surface area contributed by atoms with Gasteiger partial charge in [0.2, 0.25) is 0 Å². The molecule has 2 heterocycles. The second kappa shape index (κ2) is 7.40. The molecule has 118 valence electrons. The van der Waals surface area contributed by atoms with Crippen LogP contribution in [-0.4, -0.2) is 35.6 Å². The lowest BCUT2D eigenvalue weighted by atomic mass is 10.1. The van der Waals surface area contributed by atoms with Gasteiger partial charge in [-0.3, -0.25) is 9.78 Å². The van der Waals surface area contributed by atoms with E-state index < -0.39 is 0 Å². The van der Waals surface area contributed by atoms with Gasteiger partial charge in [-0.15, -0.1) is 0 Å². The Morgan fingerprint density at radius 2 is 2.09 bits per heavy atom. The van der Waals surface area contributed by atoms with E-state index in [1.54, 1.807) is 0 Å². The van der Waals surface area contributed by atoms with Gasteiger partial charge in [0.15, 0.2) is 11.5 Å². The van der Waals surface area contributed by atoms with Crippen LogP contribution in [0, 0.1) is 0 Å². The van der Waals surface area contributed by atoms with Crippen LogP contribution in [-0.2, 0) is 0 Å². The van der Waals surface area contributed by atoms with Gasteiger partial charge in [0.1, 0.15) is 18.9 Å². The SMILES string of the molecule is O=C(NCC/C=C/c1ccc2c(c1)OCCO2)c1cnccn1. The quantitative estimate of drug-likeness (QED) is 0.856. The number of nitrogens with zero attached hydrogens (tertiary/aromatic N) is 2. The monoisotopic (exact) mass is 311 g/mol. The Labute approximate surface area is 134 Å². The number of ether oxygens (including phenoxy) is 2. The molecule has 1 aliphatic heterocycles. The van der Waals surface area contributed by atoms with Crippen LogP contribution in [0.5, 0.6) is 11.5 Å². The van der Waals surface area contributed by atoms with Gasteiger partial charge in [-0.1, -0.05) is 18.2 Å². The van der Waals surface area contributed by atoms with E-state index in [1.165, 1.54) is 18.6 Å². The molecule has 23 heavy (non-hydrogen) atoms. The normalized spacial score (nSPS) is 13.0. The summed E-state index contributed by atoms with van der Waals surface area (Å²) in [6.07, 6.45) is 9.19. The van der Waals surface area contributed by atoms with Crippen molar-refractivity contribution in [1.82, 2.24) is 15.3 Å². The van der Waals surface area contributed by atoms with Gasteiger partial charge in [0, 0.05) is 18.9 Å². The van der Waals surface area contributed by atoms with Gasteiger partial charge in [0.05, 0.1) is 6.20 Å². The van der Waals surface area contributed by atoms with Crippen LogP contribution in [0.2, 0.25) is 0 Å². The summed E-state index contributed by atoms with van der Waals surface area (Å²) in [5.41, 5.74) is 1.36. The number of fused-ring (bicyclic) bond motifs is 1. The van der Waals surface area contributed by atoms with Crippen molar-refractivity contribution < 1.29 is 14.3 Å². The summed E-state index contributed by atoms with van der Waals surface area (Å²) in [5, 5.41) is 2.80. The number of carbonyl (C=O) groups excluding carboxylic acids is 1. The molecule has 0 atom stereocenters. The van der Waals surface area contributed by atoms with E-state index in [0.29, 0.717) is 25.5 Å². The molecule has 0 spiro atoms. The standard InChI is InChI=1S/C17H17N3O3/c21-17(14-12-18-7-8-19-14)20-6-2-1-3-13-4-5-15-16(11-13)23-10-9-22-15/h1,3-5,7-8,11-12H,2,6,9-10H2,(H,20,21)/b3-1+. The van der Waals surface area contributed by atoms with E-state index in [0.717, 1.165) is 23.5 Å². The molecule has 1 aliphatic rings. The molecule has 1 N–H and O–H groups in total. The minimum Gasteiger partial charge on any atom is -0.486 e. The highest BCUT2D eigenvalue weighted by atomic mass is 16.6. The predicted molar refractivity (Wildman–Crippen MR) is 85.4 cm³/mol. The number of hydrogen-bond acceptors (Lipinski definition) is 5. The molecule has 0 bridgehead atoms. The maximum atomic E-state index is 11.8. The Morgan fingerprint density at radius 3 is 2.91 bits per heavy atom. The third-order valence-corrected chi connectivity index (χ3v) is 3.27. The molecule has 0 saturated carbocycles. The zero-order valence-electron chi connectivity index (χ0n) is 12.6. The van der Waals surface area contributed by atoms with Crippen molar-refractivity contribution in [3.8, 4) is 11.5 Å². The fraction of sp³-hybridized carbons (Fsp3) is 0.235. The van der Waals surface area contributed by atoms with Gasteiger partial charge in [-0.05, 0) is 24.1 Å². The molecule has 1 amide bonds. The minimum atomic E-state index is -0.217. The van der Waals surface area contributed by atoms with E-state index in [9.17, 15) is 4.79 Å². The summed E-state index contributed by atoms with van der Waals surface area (Å²) in [6.45, 7) is 1.71. The number of nitrogens with one attached hydrogen (secondary N) is 1. The molecule has 0 radical (unpaired) electrons. The molecule has 0 aliphatic carbocycles. The average Bonchev–Trinajstić information content (AvgIpc) is 2.62. The average molecular weight is 311 g/mol. The van der Waals surface area contributed by atoms with Crippen LogP contribution in [0.15, 0.2) is 42.9 Å². The second-order valence-electron chi connectivity index (χ2n) is 4.94. The van der Waals surface area contributed by atoms with Gasteiger partial charge in [0.25, 0.3) is 5.91 Å². The molecular weight excluding hydrogens is 294 g/mol. The van der Waals surface area contributed by atoms with E-state index in [-0.39, 0.29) is 5.91 Å². The summed E-state index contributed by atoms with van der Waals surface area (Å²) in [6, 6.07) is 5.83. The lowest BCUT2D eigenvalue weighted by Crippen LogP contribution is -2.25. The first-order chi connectivity index (χ1) is 11.3. The van der Waals surface area contributed by atoms with Gasteiger partial charge in [-0.25, -0.2) is 4.98 Å². The third kappa shape index (κ3) is 4.06. The molecule has 3 rings (SSSR count). The zero-order valence-corrected chi connectivity index (χ0v) is 12.6. The lowest BCUT2D eigenvalue weighted by Gasteiger charge is -2.18. The van der Waals surface area contributed by atoms with E-state index >= 15 is 0 Å². The van der Waals surface area contributed by atoms with Crippen molar-refractivity contribution in [3.63, 3.8) is 0 Å². The molecule has 0 unspecified atom stereocenters. The summed E-state index contributed by atoms with van der Waals surface area (Å²) in [4.78, 5) is 19.6. The largest absolute Gasteiger partial charge is 0.486 e. The number of aromatic nitrogens is 2. The number of benzene rings is 1. The molecule has 2 aromatic rings. The smallest absolute Gasteiger partial charge is 0.271 e. The van der Waals surface area contributed by atoms with Crippen LogP contribution in [0.1, 0.15) is 22.5 Å². The van der Waals surface area contributed by atoms with Crippen molar-refractivity contribution in [2.75, 3.05) is 19.8 Å². The van der Waals surface area contributed by atoms with Gasteiger partial charge < -0.3 is 14.8 Å². The summed E-state index contributed by atoms with van der Waals surface area (Å²) < 4.78 is 11.0. The highest BCUT2D eigenvalue weighted by molar-refractivity contribution is 5.91. The Hall–Kier alpha value is -2.89. The van der Waals surface area contributed by atoms with Crippen LogP contribution >= 0.6 is 0 Å². The number of amides is 1. The maximum Gasteiger partial charge on any atom is 0.271 e. The minimum absolute atomic E-state index is 0.217. The Bertz CT molecular complexity index is 701. The van der Waals surface area contributed by atoms with Crippen LogP contribution in [0.25, 0.3) is 6.08 Å². The molecule has 1 aromatic heterocycles.